The Bertz CT molecular complexity index is 376. The highest BCUT2D eigenvalue weighted by Crippen LogP contribution is 2.28. The summed E-state index contributed by atoms with van der Waals surface area (Å²) < 4.78 is 36.9. The van der Waals surface area contributed by atoms with Gasteiger partial charge in [-0.05, 0) is 18.6 Å². The Labute approximate surface area is 104 Å². The van der Waals surface area contributed by atoms with Crippen LogP contribution in [0.2, 0.25) is 0 Å². The van der Waals surface area contributed by atoms with E-state index in [-0.39, 0.29) is 6.54 Å². The van der Waals surface area contributed by atoms with Crippen molar-refractivity contribution in [3.63, 3.8) is 0 Å². The molecule has 1 aromatic heterocycles. The van der Waals surface area contributed by atoms with Crippen molar-refractivity contribution >= 4 is 6.41 Å². The first kappa shape index (κ1) is 14.5. The molecule has 6 heteroatoms. The summed E-state index contributed by atoms with van der Waals surface area (Å²) in [5.41, 5.74) is -0.330. The van der Waals surface area contributed by atoms with Crippen LogP contribution in [0.1, 0.15) is 31.0 Å². The lowest BCUT2D eigenvalue weighted by Gasteiger charge is -2.16. The van der Waals surface area contributed by atoms with Gasteiger partial charge in [0, 0.05) is 12.7 Å². The highest BCUT2D eigenvalue weighted by molar-refractivity contribution is 5.47. The van der Waals surface area contributed by atoms with Crippen molar-refractivity contribution < 1.29 is 18.0 Å². The maximum Gasteiger partial charge on any atom is 0.417 e. The summed E-state index contributed by atoms with van der Waals surface area (Å²) in [6.07, 6.45) is -1.09. The Morgan fingerprint density at radius 3 is 2.56 bits per heavy atom. The molecule has 0 fully saturated rings. The third-order valence-corrected chi connectivity index (χ3v) is 2.47. The number of rotatable bonds is 6. The van der Waals surface area contributed by atoms with Gasteiger partial charge in [0.25, 0.3) is 0 Å². The molecule has 0 unspecified atom stereocenters. The van der Waals surface area contributed by atoms with Crippen LogP contribution in [0.5, 0.6) is 0 Å². The zero-order valence-corrected chi connectivity index (χ0v) is 10.1. The van der Waals surface area contributed by atoms with E-state index in [2.05, 4.69) is 4.98 Å². The van der Waals surface area contributed by atoms with E-state index in [1.807, 2.05) is 6.92 Å². The Kier molecular flexibility index (Phi) is 5.12. The number of amides is 1. The molecule has 0 atom stereocenters. The zero-order valence-electron chi connectivity index (χ0n) is 10.1. The van der Waals surface area contributed by atoms with Crippen molar-refractivity contribution in [2.45, 2.75) is 32.5 Å². The Balaban J connectivity index is 2.65. The van der Waals surface area contributed by atoms with Crippen LogP contribution in [0.4, 0.5) is 13.2 Å². The van der Waals surface area contributed by atoms with Crippen LogP contribution in [-0.2, 0) is 17.5 Å². The molecule has 0 spiro atoms. The van der Waals surface area contributed by atoms with Crippen LogP contribution < -0.4 is 0 Å². The average Bonchev–Trinajstić information content (AvgIpc) is 2.34. The third-order valence-electron chi connectivity index (χ3n) is 2.47. The second-order valence-electron chi connectivity index (χ2n) is 3.97. The Morgan fingerprint density at radius 1 is 1.39 bits per heavy atom. The maximum absolute atomic E-state index is 12.3. The number of aromatic nitrogens is 1. The first-order valence-electron chi connectivity index (χ1n) is 5.69. The molecule has 3 nitrogen and oxygen atoms in total. The Morgan fingerprint density at radius 2 is 2.11 bits per heavy atom. The summed E-state index contributed by atoms with van der Waals surface area (Å²) in [4.78, 5) is 16.0. The lowest BCUT2D eigenvalue weighted by Crippen LogP contribution is -2.23. The van der Waals surface area contributed by atoms with E-state index in [1.54, 1.807) is 0 Å². The standard InChI is InChI=1S/C12H15F3N2O/c1-2-3-6-17(9-18)8-11-5-4-10(7-16-11)12(13,14)15/h4-5,7,9H,2-3,6,8H2,1H3. The zero-order chi connectivity index (χ0) is 13.6. The minimum atomic E-state index is -4.38. The van der Waals surface area contributed by atoms with Gasteiger partial charge in [0.15, 0.2) is 0 Å². The van der Waals surface area contributed by atoms with Gasteiger partial charge in [0.05, 0.1) is 17.8 Å². The van der Waals surface area contributed by atoms with E-state index in [0.29, 0.717) is 18.6 Å². The number of carbonyl (C=O) groups is 1. The molecule has 1 heterocycles. The summed E-state index contributed by atoms with van der Waals surface area (Å²) in [6.45, 7) is 2.82. The number of carbonyl (C=O) groups excluding carboxylic acids is 1. The maximum atomic E-state index is 12.3. The highest BCUT2D eigenvalue weighted by Gasteiger charge is 2.30. The van der Waals surface area contributed by atoms with Gasteiger partial charge in [-0.1, -0.05) is 13.3 Å². The van der Waals surface area contributed by atoms with Crippen molar-refractivity contribution in [2.24, 2.45) is 0 Å². The monoisotopic (exact) mass is 260 g/mol. The number of unbranched alkanes of at least 4 members (excludes halogenated alkanes) is 1. The van der Waals surface area contributed by atoms with Crippen LogP contribution in [-0.4, -0.2) is 22.8 Å². The van der Waals surface area contributed by atoms with E-state index < -0.39 is 11.7 Å². The average molecular weight is 260 g/mol. The van der Waals surface area contributed by atoms with Crippen LogP contribution in [0.3, 0.4) is 0 Å². The molecule has 1 rings (SSSR count). The van der Waals surface area contributed by atoms with Crippen molar-refractivity contribution in [3.05, 3.63) is 29.6 Å². The molecule has 100 valence electrons. The second-order valence-corrected chi connectivity index (χ2v) is 3.97. The van der Waals surface area contributed by atoms with Crippen molar-refractivity contribution in [2.75, 3.05) is 6.54 Å². The minimum Gasteiger partial charge on any atom is -0.339 e. The van der Waals surface area contributed by atoms with Gasteiger partial charge in [0.2, 0.25) is 6.41 Å². The molecule has 18 heavy (non-hydrogen) atoms. The molecular weight excluding hydrogens is 245 g/mol. The molecule has 1 aromatic rings. The van der Waals surface area contributed by atoms with Crippen LogP contribution >= 0.6 is 0 Å². The fourth-order valence-electron chi connectivity index (χ4n) is 1.42. The predicted octanol–water partition coefficient (Wildman–Crippen LogP) is 2.86. The molecule has 0 aliphatic carbocycles. The molecular formula is C12H15F3N2O. The quantitative estimate of drug-likeness (QED) is 0.737. The van der Waals surface area contributed by atoms with E-state index >= 15 is 0 Å². The van der Waals surface area contributed by atoms with E-state index in [9.17, 15) is 18.0 Å². The predicted molar refractivity (Wildman–Crippen MR) is 60.6 cm³/mol. The Hall–Kier alpha value is -1.59. The molecule has 1 amide bonds. The molecule has 0 aromatic carbocycles. The van der Waals surface area contributed by atoms with Crippen molar-refractivity contribution in [3.8, 4) is 0 Å². The molecule has 0 aliphatic rings. The smallest absolute Gasteiger partial charge is 0.339 e. The van der Waals surface area contributed by atoms with Crippen molar-refractivity contribution in [1.82, 2.24) is 9.88 Å². The molecule has 0 N–H and O–H groups in total. The molecule has 0 aliphatic heterocycles. The molecule has 0 saturated heterocycles. The number of halogens is 3. The van der Waals surface area contributed by atoms with Gasteiger partial charge in [-0.15, -0.1) is 0 Å². The minimum absolute atomic E-state index is 0.238. The summed E-state index contributed by atoms with van der Waals surface area (Å²) in [7, 11) is 0. The molecule has 0 bridgehead atoms. The van der Waals surface area contributed by atoms with Crippen LogP contribution in [0.15, 0.2) is 18.3 Å². The lowest BCUT2D eigenvalue weighted by molar-refractivity contribution is -0.137. The number of hydrogen-bond donors (Lipinski definition) is 0. The molecule has 0 saturated carbocycles. The van der Waals surface area contributed by atoms with E-state index in [0.717, 1.165) is 25.1 Å². The van der Waals surface area contributed by atoms with Gasteiger partial charge >= 0.3 is 6.18 Å². The molecule has 0 radical (unpaired) electrons. The SMILES string of the molecule is CCCCN(C=O)Cc1ccc(C(F)(F)F)cn1. The van der Waals surface area contributed by atoms with Crippen LogP contribution in [0, 0.1) is 0 Å². The first-order valence-corrected chi connectivity index (χ1v) is 5.69. The van der Waals surface area contributed by atoms with E-state index in [4.69, 9.17) is 0 Å². The van der Waals surface area contributed by atoms with E-state index in [1.165, 1.54) is 11.0 Å². The van der Waals surface area contributed by atoms with Gasteiger partial charge in [-0.25, -0.2) is 0 Å². The summed E-state index contributed by atoms with van der Waals surface area (Å²) in [5, 5.41) is 0. The fraction of sp³-hybridized carbons (Fsp3) is 0.500. The summed E-state index contributed by atoms with van der Waals surface area (Å²) in [5.74, 6) is 0. The van der Waals surface area contributed by atoms with Gasteiger partial charge < -0.3 is 4.90 Å². The topological polar surface area (TPSA) is 33.2 Å². The van der Waals surface area contributed by atoms with Crippen molar-refractivity contribution in [1.29, 1.82) is 0 Å². The van der Waals surface area contributed by atoms with Gasteiger partial charge in [-0.3, -0.25) is 9.78 Å². The summed E-state index contributed by atoms with van der Waals surface area (Å²) >= 11 is 0. The summed E-state index contributed by atoms with van der Waals surface area (Å²) in [6, 6.07) is 2.27. The van der Waals surface area contributed by atoms with Gasteiger partial charge in [0.1, 0.15) is 0 Å². The number of hydrogen-bond acceptors (Lipinski definition) is 2. The normalized spacial score (nSPS) is 11.3. The highest BCUT2D eigenvalue weighted by atomic mass is 19.4. The largest absolute Gasteiger partial charge is 0.417 e. The number of nitrogens with zero attached hydrogens (tertiary/aromatic N) is 2. The fourth-order valence-corrected chi connectivity index (χ4v) is 1.42. The van der Waals surface area contributed by atoms with Crippen LogP contribution in [0.25, 0.3) is 0 Å². The van der Waals surface area contributed by atoms with Gasteiger partial charge in [-0.2, -0.15) is 13.2 Å². The number of alkyl halides is 3. The number of pyridine rings is 1. The second kappa shape index (κ2) is 6.37. The first-order chi connectivity index (χ1) is 8.47. The lowest BCUT2D eigenvalue weighted by atomic mass is 10.2. The third kappa shape index (κ3) is 4.35.